The summed E-state index contributed by atoms with van der Waals surface area (Å²) in [6.07, 6.45) is -4.59. The molecule has 0 aromatic carbocycles. The van der Waals surface area contributed by atoms with Gasteiger partial charge in [0, 0.05) is 4.57 Å². The van der Waals surface area contributed by atoms with Crippen LogP contribution in [0, 0.1) is 0 Å². The first-order valence-electron chi connectivity index (χ1n) is 3.80. The van der Waals surface area contributed by atoms with Crippen molar-refractivity contribution in [2.45, 2.75) is 13.1 Å². The van der Waals surface area contributed by atoms with Gasteiger partial charge in [-0.25, -0.2) is 4.79 Å². The molecule has 0 aromatic heterocycles. The van der Waals surface area contributed by atoms with E-state index in [2.05, 4.69) is 13.8 Å². The highest BCUT2D eigenvalue weighted by molar-refractivity contribution is 7.33. The minimum absolute atomic E-state index is 0.0996. The lowest BCUT2D eigenvalue weighted by atomic mass is 10.7. The maximum Gasteiger partial charge on any atom is 0.698 e. The molecule has 5 nitrogen and oxygen atoms in total. The normalized spacial score (nSPS) is 12.4. The van der Waals surface area contributed by atoms with E-state index >= 15 is 0 Å². The third-order valence-corrected chi connectivity index (χ3v) is 1.61. The van der Waals surface area contributed by atoms with Crippen LogP contribution in [0.1, 0.15) is 6.92 Å². The lowest BCUT2D eigenvalue weighted by Crippen LogP contribution is -2.15. The summed E-state index contributed by atoms with van der Waals surface area (Å²) in [5, 5.41) is 0. The summed E-state index contributed by atoms with van der Waals surface area (Å²) in [5.74, 6) is -0.823. The minimum Gasteiger partial charge on any atom is -0.464 e. The van der Waals surface area contributed by atoms with E-state index < -0.39 is 33.6 Å². The Balaban J connectivity index is 3.62. The smallest absolute Gasteiger partial charge is 0.464 e. The van der Waals surface area contributed by atoms with Gasteiger partial charge < -0.3 is 4.74 Å². The number of carbonyl (C=O) groups excluding carboxylic acids is 1. The van der Waals surface area contributed by atoms with Crippen molar-refractivity contribution in [1.29, 1.82) is 0 Å². The Morgan fingerprint density at radius 3 is 2.40 bits per heavy atom. The van der Waals surface area contributed by atoms with Gasteiger partial charge in [-0.3, -0.25) is 0 Å². The van der Waals surface area contributed by atoms with Gasteiger partial charge >= 0.3 is 20.4 Å². The van der Waals surface area contributed by atoms with Crippen LogP contribution in [0.3, 0.4) is 0 Å². The van der Waals surface area contributed by atoms with Gasteiger partial charge in [0.2, 0.25) is 13.2 Å². The van der Waals surface area contributed by atoms with Gasteiger partial charge in [0.25, 0.3) is 0 Å². The fourth-order valence-corrected chi connectivity index (χ4v) is 1.01. The number of esters is 1. The molecule has 0 aliphatic rings. The quantitative estimate of drug-likeness (QED) is 0.530. The molecule has 15 heavy (non-hydrogen) atoms. The Morgan fingerprint density at radius 2 is 1.93 bits per heavy atom. The third-order valence-electron chi connectivity index (χ3n) is 0.927. The molecule has 0 spiro atoms. The summed E-state index contributed by atoms with van der Waals surface area (Å²) in [7, 11) is -2.96. The fourth-order valence-electron chi connectivity index (χ4n) is 0.471. The molecule has 1 atom stereocenters. The van der Waals surface area contributed by atoms with E-state index in [1.807, 2.05) is 0 Å². The molecule has 0 aromatic rings. The number of rotatable bonds is 6. The third kappa shape index (κ3) is 9.58. The predicted octanol–water partition coefficient (Wildman–Crippen LogP) is 1.80. The molecule has 0 aliphatic carbocycles. The molecule has 0 N–H and O–H groups in total. The van der Waals surface area contributed by atoms with Crippen LogP contribution in [0.4, 0.5) is 13.2 Å². The van der Waals surface area contributed by atoms with Gasteiger partial charge in [-0.2, -0.15) is 13.2 Å². The highest BCUT2D eigenvalue weighted by Gasteiger charge is 2.35. The number of hydrogen-bond acceptors (Lipinski definition) is 5. The number of alkyl halides is 3. The van der Waals surface area contributed by atoms with E-state index in [9.17, 15) is 22.5 Å². The van der Waals surface area contributed by atoms with E-state index in [0.29, 0.717) is 0 Å². The molecule has 0 rings (SSSR count). The molecule has 9 heteroatoms. The van der Waals surface area contributed by atoms with Gasteiger partial charge in [0.05, 0.1) is 6.61 Å². The molecule has 88 valence electrons. The second-order valence-electron chi connectivity index (χ2n) is 2.19. The summed E-state index contributed by atoms with van der Waals surface area (Å²) < 4.78 is 57.5. The van der Waals surface area contributed by atoms with Gasteiger partial charge in [-0.1, -0.05) is 0 Å². The fraction of sp³-hybridized carbons (Fsp3) is 0.833. The van der Waals surface area contributed by atoms with Gasteiger partial charge in [0.1, 0.15) is 0 Å². The Bertz CT molecular complexity index is 229. The zero-order valence-corrected chi connectivity index (χ0v) is 8.64. The van der Waals surface area contributed by atoms with Gasteiger partial charge in [-0.05, 0) is 6.92 Å². The molecule has 0 bridgehead atoms. The highest BCUT2D eigenvalue weighted by Crippen LogP contribution is 2.27. The van der Waals surface area contributed by atoms with Crippen LogP contribution in [0.2, 0.25) is 0 Å². The SMILES string of the molecule is CCOC(=O)CO[P+](=O)OCC(F)(F)F. The zero-order valence-electron chi connectivity index (χ0n) is 7.74. The number of ether oxygens (including phenoxy) is 1. The molecule has 0 saturated heterocycles. The van der Waals surface area contributed by atoms with Crippen LogP contribution in [0.15, 0.2) is 0 Å². The van der Waals surface area contributed by atoms with Crippen molar-refractivity contribution in [3.63, 3.8) is 0 Å². The average Bonchev–Trinajstić information content (AvgIpc) is 2.11. The molecule has 0 amide bonds. The van der Waals surface area contributed by atoms with Crippen molar-refractivity contribution in [3.05, 3.63) is 0 Å². The topological polar surface area (TPSA) is 61.8 Å². The number of halogens is 3. The number of hydrogen-bond donors (Lipinski definition) is 0. The Labute approximate surface area is 84.4 Å². The Hall–Kier alpha value is -0.720. The van der Waals surface area contributed by atoms with Crippen LogP contribution < -0.4 is 0 Å². The monoisotopic (exact) mass is 249 g/mol. The Kier molecular flexibility index (Phi) is 6.38. The first kappa shape index (κ1) is 14.3. The van der Waals surface area contributed by atoms with Gasteiger partial charge in [0.15, 0.2) is 0 Å². The molecular weight excluding hydrogens is 240 g/mol. The summed E-state index contributed by atoms with van der Waals surface area (Å²) in [6, 6.07) is 0. The Morgan fingerprint density at radius 1 is 1.33 bits per heavy atom. The van der Waals surface area contributed by atoms with Crippen LogP contribution in [-0.4, -0.2) is 32.0 Å². The molecule has 0 aliphatic heterocycles. The lowest BCUT2D eigenvalue weighted by molar-refractivity contribution is -0.155. The molecule has 0 saturated carbocycles. The van der Waals surface area contributed by atoms with Crippen LogP contribution in [0.25, 0.3) is 0 Å². The van der Waals surface area contributed by atoms with E-state index in [1.54, 1.807) is 0 Å². The largest absolute Gasteiger partial charge is 0.698 e. The first-order chi connectivity index (χ1) is 6.85. The summed E-state index contributed by atoms with van der Waals surface area (Å²) >= 11 is 0. The second-order valence-corrected chi connectivity index (χ2v) is 3.15. The van der Waals surface area contributed by atoms with Crippen molar-refractivity contribution in [2.75, 3.05) is 19.8 Å². The van der Waals surface area contributed by atoms with Crippen LogP contribution in [0.5, 0.6) is 0 Å². The van der Waals surface area contributed by atoms with Crippen molar-refractivity contribution in [3.8, 4) is 0 Å². The van der Waals surface area contributed by atoms with Crippen molar-refractivity contribution in [2.24, 2.45) is 0 Å². The highest BCUT2D eigenvalue weighted by atomic mass is 31.1. The van der Waals surface area contributed by atoms with E-state index in [-0.39, 0.29) is 6.61 Å². The van der Waals surface area contributed by atoms with E-state index in [4.69, 9.17) is 0 Å². The molecular formula is C6H9F3O5P+. The molecule has 0 heterocycles. The van der Waals surface area contributed by atoms with Crippen molar-refractivity contribution in [1.82, 2.24) is 0 Å². The average molecular weight is 249 g/mol. The lowest BCUT2D eigenvalue weighted by Gasteiger charge is -1.99. The molecule has 0 radical (unpaired) electrons. The molecule has 1 unspecified atom stereocenters. The van der Waals surface area contributed by atoms with Crippen molar-refractivity contribution >= 4 is 14.2 Å². The van der Waals surface area contributed by atoms with E-state index in [1.165, 1.54) is 6.92 Å². The summed E-state index contributed by atoms with van der Waals surface area (Å²) in [4.78, 5) is 10.6. The second kappa shape index (κ2) is 6.71. The minimum atomic E-state index is -4.59. The van der Waals surface area contributed by atoms with Crippen LogP contribution >= 0.6 is 8.25 Å². The standard InChI is InChI=1S/C6H9F3O5P/c1-2-12-5(10)3-13-15(11)14-4-6(7,8)9/h2-4H2,1H3/q+1. The van der Waals surface area contributed by atoms with Crippen molar-refractivity contribution < 1.29 is 36.3 Å². The van der Waals surface area contributed by atoms with Gasteiger partial charge in [-0.15, -0.1) is 9.05 Å². The van der Waals surface area contributed by atoms with Crippen LogP contribution in [-0.2, 0) is 23.1 Å². The zero-order chi connectivity index (χ0) is 11.9. The van der Waals surface area contributed by atoms with E-state index in [0.717, 1.165) is 0 Å². The first-order valence-corrected chi connectivity index (χ1v) is 4.90. The predicted molar refractivity (Wildman–Crippen MR) is 42.2 cm³/mol. The summed E-state index contributed by atoms with van der Waals surface area (Å²) in [6.45, 7) is -0.758. The maximum atomic E-state index is 11.5. The summed E-state index contributed by atoms with van der Waals surface area (Å²) in [5.41, 5.74) is 0. The molecule has 0 fully saturated rings. The number of carbonyl (C=O) groups is 1. The maximum absolute atomic E-state index is 11.5.